The van der Waals surface area contributed by atoms with E-state index in [1.165, 1.54) is 21.1 Å². The van der Waals surface area contributed by atoms with Crippen molar-refractivity contribution in [3.8, 4) is 0 Å². The van der Waals surface area contributed by atoms with Gasteiger partial charge in [-0.25, -0.2) is 19.6 Å². The van der Waals surface area contributed by atoms with Crippen LogP contribution in [0.15, 0.2) is 10.1 Å². The highest BCUT2D eigenvalue weighted by atomic mass is 16.2. The van der Waals surface area contributed by atoms with E-state index in [2.05, 4.69) is 20.7 Å². The lowest BCUT2D eigenvalue weighted by Gasteiger charge is -2.47. The average Bonchev–Trinajstić information content (AvgIpc) is 2.84. The van der Waals surface area contributed by atoms with Gasteiger partial charge in [0, 0.05) is 21.1 Å². The number of nitrogens with one attached hydrogen (secondary N) is 2. The molecule has 12 nitrogen and oxygen atoms in total. The predicted molar refractivity (Wildman–Crippen MR) is 75.9 cm³/mol. The Labute approximate surface area is 129 Å². The van der Waals surface area contributed by atoms with Gasteiger partial charge in [0.15, 0.2) is 17.8 Å². The van der Waals surface area contributed by atoms with Crippen LogP contribution in [0.4, 0.5) is 9.59 Å². The average molecular weight is 322 g/mol. The van der Waals surface area contributed by atoms with Crippen LogP contribution in [0, 0.1) is 0 Å². The van der Waals surface area contributed by atoms with Crippen molar-refractivity contribution in [3.63, 3.8) is 0 Å². The highest BCUT2D eigenvalue weighted by Gasteiger charge is 2.64. The number of fused-ring (bicyclic) bond motifs is 1. The highest BCUT2D eigenvalue weighted by Crippen LogP contribution is 2.30. The second-order valence-corrected chi connectivity index (χ2v) is 5.30. The van der Waals surface area contributed by atoms with Gasteiger partial charge in [-0.3, -0.25) is 24.7 Å². The van der Waals surface area contributed by atoms with Crippen LogP contribution in [-0.4, -0.2) is 83.2 Å². The molecule has 0 aromatic heterocycles. The number of amides is 6. The van der Waals surface area contributed by atoms with Gasteiger partial charge >= 0.3 is 12.1 Å². The van der Waals surface area contributed by atoms with E-state index in [4.69, 9.17) is 5.73 Å². The number of amidine groups is 1. The quantitative estimate of drug-likeness (QED) is 0.470. The molecule has 3 heterocycles. The Morgan fingerprint density at radius 3 is 2.35 bits per heavy atom. The Morgan fingerprint density at radius 2 is 1.78 bits per heavy atom. The molecule has 2 atom stereocenters. The first-order valence-corrected chi connectivity index (χ1v) is 6.55. The van der Waals surface area contributed by atoms with E-state index in [1.807, 2.05) is 0 Å². The molecule has 6 amide bonds. The first-order valence-electron chi connectivity index (χ1n) is 6.55. The molecule has 0 bridgehead atoms. The SMILES string of the molecule is CN1N=C2N(C)C(=O)N(C)C(=O)[C@@]2([C@@H]2N=C(N)NC2=O)NC1=O. The fourth-order valence-corrected chi connectivity index (χ4v) is 2.75. The summed E-state index contributed by atoms with van der Waals surface area (Å²) in [6.45, 7) is 0. The number of guanidine groups is 1. The van der Waals surface area contributed by atoms with Crippen LogP contribution in [0.25, 0.3) is 0 Å². The molecule has 0 saturated carbocycles. The lowest BCUT2D eigenvalue weighted by Crippen LogP contribution is -2.80. The Morgan fingerprint density at radius 1 is 1.13 bits per heavy atom. The minimum Gasteiger partial charge on any atom is -0.370 e. The first kappa shape index (κ1) is 14.7. The van der Waals surface area contributed by atoms with Crippen LogP contribution < -0.4 is 16.4 Å². The minimum atomic E-state index is -1.94. The molecule has 122 valence electrons. The van der Waals surface area contributed by atoms with Crippen molar-refractivity contribution in [2.24, 2.45) is 15.8 Å². The van der Waals surface area contributed by atoms with E-state index >= 15 is 0 Å². The largest absolute Gasteiger partial charge is 0.370 e. The number of nitrogens with two attached hydrogens (primary N) is 1. The molecule has 1 fully saturated rings. The Bertz CT molecular complexity index is 715. The smallest absolute Gasteiger partial charge is 0.338 e. The predicted octanol–water partition coefficient (Wildman–Crippen LogP) is -2.97. The standard InChI is InChI=1S/C11H14N8O4/c1-17-6-11(7(21)18(2)10(17)23,15-9(22)19(3)16-6)4-5(20)14-8(12)13-4/h4H,1-3H3,(H,15,22)(H3,12,13,14,20)/t4-,11+/m1/s1. The van der Waals surface area contributed by atoms with Gasteiger partial charge in [0.1, 0.15) is 0 Å². The van der Waals surface area contributed by atoms with E-state index < -0.39 is 35.5 Å². The number of carbonyl (C=O) groups excluding carboxylic acids is 4. The lowest BCUT2D eigenvalue weighted by molar-refractivity contribution is -0.137. The molecule has 0 aliphatic carbocycles. The molecule has 4 N–H and O–H groups in total. The van der Waals surface area contributed by atoms with E-state index in [-0.39, 0.29) is 11.8 Å². The van der Waals surface area contributed by atoms with Crippen LogP contribution in [0.3, 0.4) is 0 Å². The number of aliphatic imine (C=N–C) groups is 1. The molecule has 0 spiro atoms. The molecule has 1 saturated heterocycles. The topological polar surface area (TPSA) is 153 Å². The molecule has 3 aliphatic rings. The molecule has 3 aliphatic heterocycles. The number of nitrogens with zero attached hydrogens (tertiary/aromatic N) is 5. The zero-order valence-electron chi connectivity index (χ0n) is 12.5. The first-order chi connectivity index (χ1) is 10.7. The molecule has 0 radical (unpaired) electrons. The molecule has 12 heteroatoms. The Hall–Kier alpha value is -3.18. The molecule has 0 aromatic carbocycles. The zero-order valence-corrected chi connectivity index (χ0v) is 12.5. The van der Waals surface area contributed by atoms with Crippen molar-refractivity contribution in [2.75, 3.05) is 21.1 Å². The molecule has 0 unspecified atom stereocenters. The third-order valence-corrected chi connectivity index (χ3v) is 3.91. The number of carbonyl (C=O) groups is 4. The summed E-state index contributed by atoms with van der Waals surface area (Å²) < 4.78 is 0. The van der Waals surface area contributed by atoms with Crippen LogP contribution in [0.5, 0.6) is 0 Å². The van der Waals surface area contributed by atoms with Crippen LogP contribution in [0.2, 0.25) is 0 Å². The fraction of sp³-hybridized carbons (Fsp3) is 0.455. The number of rotatable bonds is 1. The van der Waals surface area contributed by atoms with Crippen molar-refractivity contribution in [1.82, 2.24) is 25.4 Å². The summed E-state index contributed by atoms with van der Waals surface area (Å²) >= 11 is 0. The van der Waals surface area contributed by atoms with E-state index in [1.54, 1.807) is 0 Å². The molecule has 0 aromatic rings. The summed E-state index contributed by atoms with van der Waals surface area (Å²) in [7, 11) is 3.97. The summed E-state index contributed by atoms with van der Waals surface area (Å²) in [6.07, 6.45) is 0. The highest BCUT2D eigenvalue weighted by molar-refractivity contribution is 6.29. The van der Waals surface area contributed by atoms with Gasteiger partial charge < -0.3 is 11.1 Å². The van der Waals surface area contributed by atoms with Crippen LogP contribution >= 0.6 is 0 Å². The van der Waals surface area contributed by atoms with Gasteiger partial charge in [-0.05, 0) is 0 Å². The van der Waals surface area contributed by atoms with Gasteiger partial charge in [0.2, 0.25) is 5.54 Å². The molecular formula is C11H14N8O4. The van der Waals surface area contributed by atoms with Gasteiger partial charge in [0.25, 0.3) is 11.8 Å². The number of hydrazone groups is 1. The summed E-state index contributed by atoms with van der Waals surface area (Å²) in [6, 6.07) is -2.74. The number of imide groups is 1. The Kier molecular flexibility index (Phi) is 2.83. The maximum atomic E-state index is 12.8. The van der Waals surface area contributed by atoms with Gasteiger partial charge in [-0.1, -0.05) is 0 Å². The zero-order chi connectivity index (χ0) is 17.1. The minimum absolute atomic E-state index is 0.105. The molecule has 23 heavy (non-hydrogen) atoms. The van der Waals surface area contributed by atoms with Crippen molar-refractivity contribution in [2.45, 2.75) is 11.6 Å². The summed E-state index contributed by atoms with van der Waals surface area (Å²) in [5, 5.41) is 9.64. The maximum absolute atomic E-state index is 12.8. The third-order valence-electron chi connectivity index (χ3n) is 3.91. The normalized spacial score (nSPS) is 30.7. The van der Waals surface area contributed by atoms with Gasteiger partial charge in [0.05, 0.1) is 0 Å². The van der Waals surface area contributed by atoms with E-state index in [0.717, 1.165) is 14.8 Å². The van der Waals surface area contributed by atoms with Gasteiger partial charge in [-0.2, -0.15) is 5.10 Å². The van der Waals surface area contributed by atoms with Crippen molar-refractivity contribution in [1.29, 1.82) is 0 Å². The maximum Gasteiger partial charge on any atom is 0.338 e. The van der Waals surface area contributed by atoms with Crippen molar-refractivity contribution in [3.05, 3.63) is 0 Å². The Balaban J connectivity index is 2.25. The van der Waals surface area contributed by atoms with Crippen molar-refractivity contribution < 1.29 is 19.2 Å². The second-order valence-electron chi connectivity index (χ2n) is 5.30. The number of urea groups is 2. The second kappa shape index (κ2) is 4.41. The monoisotopic (exact) mass is 322 g/mol. The summed E-state index contributed by atoms with van der Waals surface area (Å²) in [5.41, 5.74) is 3.56. The van der Waals surface area contributed by atoms with E-state index in [9.17, 15) is 19.2 Å². The lowest BCUT2D eigenvalue weighted by atomic mass is 9.84. The number of hydrogen-bond acceptors (Lipinski definition) is 7. The van der Waals surface area contributed by atoms with Gasteiger partial charge in [-0.15, -0.1) is 0 Å². The van der Waals surface area contributed by atoms with Crippen LogP contribution in [0.1, 0.15) is 0 Å². The van der Waals surface area contributed by atoms with Crippen molar-refractivity contribution >= 4 is 35.7 Å². The van der Waals surface area contributed by atoms with Crippen LogP contribution in [-0.2, 0) is 9.59 Å². The number of hydrogen-bond donors (Lipinski definition) is 3. The molecule has 3 rings (SSSR count). The fourth-order valence-electron chi connectivity index (χ4n) is 2.75. The molecular weight excluding hydrogens is 308 g/mol. The summed E-state index contributed by atoms with van der Waals surface area (Å²) in [4.78, 5) is 54.9. The van der Waals surface area contributed by atoms with E-state index in [0.29, 0.717) is 0 Å². The number of likely N-dealkylation sites (N-methyl/N-ethyl adjacent to an activating group) is 2. The third kappa shape index (κ3) is 1.71. The summed E-state index contributed by atoms with van der Waals surface area (Å²) in [5.74, 6) is -1.79.